The summed E-state index contributed by atoms with van der Waals surface area (Å²) in [7, 11) is -1.61. The van der Waals surface area contributed by atoms with Crippen LogP contribution in [0.2, 0.25) is 0 Å². The lowest BCUT2D eigenvalue weighted by Crippen LogP contribution is -2.53. The number of carbonyl (C=O) groups is 2. The van der Waals surface area contributed by atoms with Gasteiger partial charge in [-0.3, -0.25) is 13.9 Å². The van der Waals surface area contributed by atoms with Crippen molar-refractivity contribution in [3.63, 3.8) is 0 Å². The Hall–Kier alpha value is -4.90. The molecular weight excluding hydrogens is 597 g/mol. The minimum atomic E-state index is -4.41. The van der Waals surface area contributed by atoms with Gasteiger partial charge in [0.15, 0.2) is 11.5 Å². The summed E-state index contributed by atoms with van der Waals surface area (Å²) in [5, 5.41) is 2.83. The Balaban J connectivity index is 1.80. The number of anilines is 1. The Morgan fingerprint density at radius 1 is 0.822 bits per heavy atom. The molecular formula is C34H36FN3O6S. The highest BCUT2D eigenvalue weighted by atomic mass is 32.2. The molecule has 0 heterocycles. The highest BCUT2D eigenvalue weighted by molar-refractivity contribution is 7.92. The minimum absolute atomic E-state index is 0.0436. The van der Waals surface area contributed by atoms with Crippen LogP contribution in [-0.4, -0.2) is 58.5 Å². The fourth-order valence-corrected chi connectivity index (χ4v) is 6.30. The lowest BCUT2D eigenvalue weighted by molar-refractivity contribution is -0.140. The molecule has 0 radical (unpaired) electrons. The van der Waals surface area contributed by atoms with Gasteiger partial charge in [0.1, 0.15) is 18.4 Å². The van der Waals surface area contributed by atoms with E-state index in [1.807, 2.05) is 60.7 Å². The molecule has 1 atom stereocenters. The first kappa shape index (κ1) is 33.0. The van der Waals surface area contributed by atoms with Crippen LogP contribution in [0.4, 0.5) is 10.1 Å². The maximum Gasteiger partial charge on any atom is 0.264 e. The van der Waals surface area contributed by atoms with Gasteiger partial charge in [0.05, 0.1) is 24.8 Å². The summed E-state index contributed by atoms with van der Waals surface area (Å²) in [6.45, 7) is 1.50. The van der Waals surface area contributed by atoms with Crippen LogP contribution in [0.1, 0.15) is 18.1 Å². The summed E-state index contributed by atoms with van der Waals surface area (Å²) in [5.41, 5.74) is 1.65. The zero-order chi connectivity index (χ0) is 32.4. The molecule has 0 fully saturated rings. The zero-order valence-corrected chi connectivity index (χ0v) is 26.2. The average Bonchev–Trinajstić information content (AvgIpc) is 3.06. The third-order valence-electron chi connectivity index (χ3n) is 7.15. The van der Waals surface area contributed by atoms with E-state index in [9.17, 15) is 22.4 Å². The fourth-order valence-electron chi connectivity index (χ4n) is 4.87. The third kappa shape index (κ3) is 8.18. The summed E-state index contributed by atoms with van der Waals surface area (Å²) in [4.78, 5) is 29.1. The van der Waals surface area contributed by atoms with Gasteiger partial charge in [-0.15, -0.1) is 0 Å². The second-order valence-corrected chi connectivity index (χ2v) is 12.0. The highest BCUT2D eigenvalue weighted by Gasteiger charge is 2.35. The SMILES string of the molecule is CCNC(=O)C(Cc1ccccc1)N(Cc1ccccc1)C(=O)CN(c1ccc(F)cc1)S(=O)(=O)c1ccc(OC)c(OC)c1. The Morgan fingerprint density at radius 2 is 1.42 bits per heavy atom. The summed E-state index contributed by atoms with van der Waals surface area (Å²) < 4.78 is 53.8. The molecule has 0 aliphatic heterocycles. The van der Waals surface area contributed by atoms with E-state index in [-0.39, 0.29) is 35.2 Å². The van der Waals surface area contributed by atoms with Gasteiger partial charge in [0, 0.05) is 25.6 Å². The van der Waals surface area contributed by atoms with Gasteiger partial charge in [-0.25, -0.2) is 12.8 Å². The fraction of sp³-hybridized carbons (Fsp3) is 0.235. The van der Waals surface area contributed by atoms with Crippen molar-refractivity contribution in [1.82, 2.24) is 10.2 Å². The van der Waals surface area contributed by atoms with E-state index in [2.05, 4.69) is 5.32 Å². The first-order valence-corrected chi connectivity index (χ1v) is 15.8. The molecule has 9 nitrogen and oxygen atoms in total. The average molecular weight is 634 g/mol. The summed E-state index contributed by atoms with van der Waals surface area (Å²) in [5.74, 6) is -1.08. The number of ether oxygens (including phenoxy) is 2. The molecule has 4 aromatic rings. The van der Waals surface area contributed by atoms with Crippen molar-refractivity contribution in [1.29, 1.82) is 0 Å². The van der Waals surface area contributed by atoms with E-state index in [1.165, 1.54) is 49.5 Å². The van der Waals surface area contributed by atoms with Crippen LogP contribution in [0.5, 0.6) is 11.5 Å². The van der Waals surface area contributed by atoms with Gasteiger partial charge in [-0.05, 0) is 54.4 Å². The van der Waals surface area contributed by atoms with Crippen LogP contribution in [0.15, 0.2) is 108 Å². The Morgan fingerprint density at radius 3 is 2.00 bits per heavy atom. The molecule has 45 heavy (non-hydrogen) atoms. The van der Waals surface area contributed by atoms with Gasteiger partial charge in [-0.2, -0.15) is 0 Å². The van der Waals surface area contributed by atoms with Crippen LogP contribution >= 0.6 is 0 Å². The number of amides is 2. The normalized spacial score (nSPS) is 11.7. The van der Waals surface area contributed by atoms with E-state index in [4.69, 9.17) is 9.47 Å². The maximum absolute atomic E-state index is 14.4. The molecule has 0 saturated heterocycles. The number of benzene rings is 4. The third-order valence-corrected chi connectivity index (χ3v) is 8.92. The molecule has 2 amide bonds. The molecule has 0 aromatic heterocycles. The molecule has 11 heteroatoms. The van der Waals surface area contributed by atoms with Gasteiger partial charge in [-0.1, -0.05) is 60.7 Å². The number of carbonyl (C=O) groups excluding carboxylic acids is 2. The molecule has 1 unspecified atom stereocenters. The maximum atomic E-state index is 14.4. The Bertz CT molecular complexity index is 1690. The smallest absolute Gasteiger partial charge is 0.264 e. The number of halogens is 1. The van der Waals surface area contributed by atoms with E-state index < -0.39 is 34.3 Å². The molecule has 236 valence electrons. The van der Waals surface area contributed by atoms with Crippen LogP contribution in [0.25, 0.3) is 0 Å². The number of nitrogens with one attached hydrogen (secondary N) is 1. The largest absolute Gasteiger partial charge is 0.493 e. The number of sulfonamides is 1. The molecule has 0 saturated carbocycles. The Kier molecular flexibility index (Phi) is 11.2. The second-order valence-electron chi connectivity index (χ2n) is 10.1. The van der Waals surface area contributed by atoms with E-state index in [0.29, 0.717) is 12.3 Å². The standard InChI is InChI=1S/C34H36FN3O6S/c1-4-36-34(40)30(21-25-11-7-5-8-12-25)37(23-26-13-9-6-10-14-26)33(39)24-38(28-17-15-27(35)16-18-28)45(41,42)29-19-20-31(43-2)32(22-29)44-3/h5-20,22,30H,4,21,23-24H2,1-3H3,(H,36,40). The van der Waals surface area contributed by atoms with Gasteiger partial charge in [0.25, 0.3) is 10.0 Å². The van der Waals surface area contributed by atoms with E-state index in [1.54, 1.807) is 6.92 Å². The van der Waals surface area contributed by atoms with Crippen LogP contribution in [0.3, 0.4) is 0 Å². The first-order valence-electron chi connectivity index (χ1n) is 14.3. The second kappa shape index (κ2) is 15.2. The van der Waals surface area contributed by atoms with Crippen molar-refractivity contribution in [3.05, 3.63) is 120 Å². The van der Waals surface area contributed by atoms with Gasteiger partial charge >= 0.3 is 0 Å². The molecule has 1 N–H and O–H groups in total. The molecule has 0 spiro atoms. The molecule has 4 rings (SSSR count). The summed E-state index contributed by atoms with van der Waals surface area (Å²) >= 11 is 0. The van der Waals surface area contributed by atoms with Crippen LogP contribution in [0, 0.1) is 5.82 Å². The number of hydrogen-bond acceptors (Lipinski definition) is 6. The quantitative estimate of drug-likeness (QED) is 0.214. The van der Waals surface area contributed by atoms with Crippen molar-refractivity contribution >= 4 is 27.5 Å². The topological polar surface area (TPSA) is 105 Å². The van der Waals surface area contributed by atoms with E-state index in [0.717, 1.165) is 27.6 Å². The lowest BCUT2D eigenvalue weighted by atomic mass is 10.0. The van der Waals surface area contributed by atoms with Crippen molar-refractivity contribution < 1.29 is 31.9 Å². The van der Waals surface area contributed by atoms with Crippen LogP contribution in [-0.2, 0) is 32.6 Å². The minimum Gasteiger partial charge on any atom is -0.493 e. The number of nitrogens with zero attached hydrogens (tertiary/aromatic N) is 2. The predicted octanol–water partition coefficient (Wildman–Crippen LogP) is 4.81. The molecule has 0 aliphatic rings. The summed E-state index contributed by atoms with van der Waals surface area (Å²) in [6, 6.07) is 26.4. The number of likely N-dealkylation sites (N-methyl/N-ethyl adjacent to an activating group) is 1. The van der Waals surface area contributed by atoms with Gasteiger partial charge < -0.3 is 19.7 Å². The van der Waals surface area contributed by atoms with E-state index >= 15 is 0 Å². The van der Waals surface area contributed by atoms with Crippen molar-refractivity contribution in [2.24, 2.45) is 0 Å². The van der Waals surface area contributed by atoms with Crippen molar-refractivity contribution in [2.45, 2.75) is 30.8 Å². The number of methoxy groups -OCH3 is 2. The van der Waals surface area contributed by atoms with Gasteiger partial charge in [0.2, 0.25) is 11.8 Å². The first-order chi connectivity index (χ1) is 21.7. The number of hydrogen-bond donors (Lipinski definition) is 1. The van der Waals surface area contributed by atoms with Crippen molar-refractivity contribution in [2.75, 3.05) is 31.6 Å². The monoisotopic (exact) mass is 633 g/mol. The molecule has 0 aliphatic carbocycles. The highest BCUT2D eigenvalue weighted by Crippen LogP contribution is 2.32. The Labute approximate surface area is 263 Å². The number of rotatable bonds is 14. The van der Waals surface area contributed by atoms with Crippen LogP contribution < -0.4 is 19.1 Å². The summed E-state index contributed by atoms with van der Waals surface area (Å²) in [6.07, 6.45) is 0.199. The molecule has 0 bridgehead atoms. The lowest BCUT2D eigenvalue weighted by Gasteiger charge is -2.33. The van der Waals surface area contributed by atoms with Crippen molar-refractivity contribution in [3.8, 4) is 11.5 Å². The zero-order valence-electron chi connectivity index (χ0n) is 25.4. The molecule has 4 aromatic carbocycles. The predicted molar refractivity (Wildman–Crippen MR) is 170 cm³/mol.